The fraction of sp³-hybridized carbons (Fsp3) is 0.294. The zero-order valence-corrected chi connectivity index (χ0v) is 16.6. The molecule has 0 unspecified atom stereocenters. The largest absolute Gasteiger partial charge is 0.477 e. The summed E-state index contributed by atoms with van der Waals surface area (Å²) in [4.78, 5) is 15.3. The van der Waals surface area contributed by atoms with Crippen LogP contribution in [0.25, 0.3) is 5.82 Å². The minimum Gasteiger partial charge on any atom is -0.477 e. The Bertz CT molecular complexity index is 1070. The molecule has 0 fully saturated rings. The molecule has 1 N–H and O–H groups in total. The van der Waals surface area contributed by atoms with E-state index in [-0.39, 0.29) is 27.3 Å². The predicted molar refractivity (Wildman–Crippen MR) is 96.0 cm³/mol. The van der Waals surface area contributed by atoms with Gasteiger partial charge in [-0.05, 0) is 18.2 Å². The smallest absolute Gasteiger partial charge is 0.435 e. The molecular formula is C17H14ClF6N5O2. The molecule has 7 nitrogen and oxygen atoms in total. The zero-order valence-electron chi connectivity index (χ0n) is 15.8. The summed E-state index contributed by atoms with van der Waals surface area (Å²) in [5.74, 6) is -1.62. The first-order valence-electron chi connectivity index (χ1n) is 8.53. The quantitative estimate of drug-likeness (QED) is 0.548. The van der Waals surface area contributed by atoms with Crippen LogP contribution in [-0.4, -0.2) is 35.6 Å². The number of halogens is 7. The number of aromatic carboxylic acids is 1. The third-order valence-corrected chi connectivity index (χ3v) is 3.89. The number of nitrogens with zero attached hydrogens (tertiary/aromatic N) is 5. The molecule has 3 rings (SSSR count). The Morgan fingerprint density at radius 2 is 1.74 bits per heavy atom. The molecule has 168 valence electrons. The highest BCUT2D eigenvalue weighted by Crippen LogP contribution is 2.35. The lowest BCUT2D eigenvalue weighted by Crippen LogP contribution is -2.16. The molecule has 3 aromatic rings. The molecular weight excluding hydrogens is 456 g/mol. The molecule has 0 aromatic carbocycles. The van der Waals surface area contributed by atoms with Gasteiger partial charge in [-0.1, -0.05) is 25.4 Å². The van der Waals surface area contributed by atoms with Crippen LogP contribution in [0.2, 0.25) is 5.02 Å². The molecule has 0 bridgehead atoms. The van der Waals surface area contributed by atoms with Gasteiger partial charge in [0.1, 0.15) is 5.69 Å². The molecule has 3 aromatic heterocycles. The van der Waals surface area contributed by atoms with Crippen LogP contribution in [0.1, 0.15) is 41.4 Å². The Balaban J connectivity index is 0.00000166. The molecule has 0 saturated carbocycles. The van der Waals surface area contributed by atoms with Crippen LogP contribution in [0.5, 0.6) is 0 Å². The van der Waals surface area contributed by atoms with E-state index in [0.29, 0.717) is 0 Å². The van der Waals surface area contributed by atoms with E-state index in [2.05, 4.69) is 15.2 Å². The summed E-state index contributed by atoms with van der Waals surface area (Å²) in [6, 6.07) is 3.59. The molecule has 3 heterocycles. The fourth-order valence-electron chi connectivity index (χ4n) is 2.41. The van der Waals surface area contributed by atoms with Crippen LogP contribution in [0.4, 0.5) is 26.3 Å². The Kier molecular flexibility index (Phi) is 6.99. The first kappa shape index (κ1) is 24.2. The van der Waals surface area contributed by atoms with E-state index >= 15 is 0 Å². The second kappa shape index (κ2) is 8.96. The van der Waals surface area contributed by atoms with E-state index in [4.69, 9.17) is 11.6 Å². The van der Waals surface area contributed by atoms with E-state index in [1.165, 1.54) is 18.3 Å². The lowest BCUT2D eigenvalue weighted by molar-refractivity contribution is -0.144. The summed E-state index contributed by atoms with van der Waals surface area (Å²) in [6.07, 6.45) is -8.95. The molecule has 0 spiro atoms. The van der Waals surface area contributed by atoms with Gasteiger partial charge in [-0.2, -0.15) is 36.5 Å². The van der Waals surface area contributed by atoms with Crippen LogP contribution in [-0.2, 0) is 18.9 Å². The van der Waals surface area contributed by atoms with E-state index in [0.717, 1.165) is 10.7 Å². The van der Waals surface area contributed by atoms with Gasteiger partial charge >= 0.3 is 18.3 Å². The minimum absolute atomic E-state index is 0.000854. The Morgan fingerprint density at radius 3 is 2.26 bits per heavy atom. The van der Waals surface area contributed by atoms with Crippen molar-refractivity contribution in [3.05, 3.63) is 58.3 Å². The minimum atomic E-state index is -5.13. The van der Waals surface area contributed by atoms with Gasteiger partial charge < -0.3 is 5.11 Å². The number of rotatable bonds is 4. The number of alkyl halides is 6. The topological polar surface area (TPSA) is 85.8 Å². The van der Waals surface area contributed by atoms with Crippen molar-refractivity contribution >= 4 is 17.6 Å². The number of pyridine rings is 1. The standard InChI is InChI=1S/C15H8ClF6N5O2.C2H6/c16-8-2-1-3-23-12(8)27-9(13(28)29)4-7(24-27)6-26-11(15(20,21)22)5-10(25-26)14(17,18)19;1-2/h1-5H,6H2,(H,28,29);1-2H3. The average molecular weight is 470 g/mol. The number of hydrogen-bond acceptors (Lipinski definition) is 4. The fourth-order valence-corrected chi connectivity index (χ4v) is 2.61. The van der Waals surface area contributed by atoms with Crippen LogP contribution >= 0.6 is 11.6 Å². The molecule has 0 saturated heterocycles. The van der Waals surface area contributed by atoms with Gasteiger partial charge in [-0.3, -0.25) is 4.68 Å². The van der Waals surface area contributed by atoms with Crippen molar-refractivity contribution in [1.29, 1.82) is 0 Å². The van der Waals surface area contributed by atoms with Crippen LogP contribution < -0.4 is 0 Å². The lowest BCUT2D eigenvalue weighted by Gasteiger charge is -2.08. The van der Waals surface area contributed by atoms with Gasteiger partial charge in [0.15, 0.2) is 17.2 Å². The van der Waals surface area contributed by atoms with Crippen molar-refractivity contribution in [2.24, 2.45) is 0 Å². The van der Waals surface area contributed by atoms with Gasteiger partial charge in [-0.15, -0.1) is 0 Å². The van der Waals surface area contributed by atoms with Crippen molar-refractivity contribution in [2.75, 3.05) is 0 Å². The van der Waals surface area contributed by atoms with Crippen LogP contribution in [0.15, 0.2) is 30.5 Å². The van der Waals surface area contributed by atoms with Gasteiger partial charge in [0.25, 0.3) is 0 Å². The third-order valence-electron chi connectivity index (χ3n) is 3.59. The molecule has 0 aliphatic heterocycles. The summed E-state index contributed by atoms with van der Waals surface area (Å²) < 4.78 is 78.5. The van der Waals surface area contributed by atoms with Gasteiger partial charge in [0.05, 0.1) is 17.3 Å². The molecule has 0 aliphatic carbocycles. The van der Waals surface area contributed by atoms with Crippen molar-refractivity contribution in [1.82, 2.24) is 24.5 Å². The second-order valence-electron chi connectivity index (χ2n) is 5.61. The zero-order chi connectivity index (χ0) is 23.6. The number of aromatic nitrogens is 5. The van der Waals surface area contributed by atoms with E-state index in [1.54, 1.807) is 0 Å². The first-order valence-corrected chi connectivity index (χ1v) is 8.91. The Morgan fingerprint density at radius 1 is 1.10 bits per heavy atom. The second-order valence-corrected chi connectivity index (χ2v) is 6.02. The maximum atomic E-state index is 13.1. The third kappa shape index (κ3) is 5.34. The van der Waals surface area contributed by atoms with Crippen molar-refractivity contribution < 1.29 is 36.2 Å². The van der Waals surface area contributed by atoms with Crippen LogP contribution in [0, 0.1) is 0 Å². The Labute approximate surface area is 175 Å². The van der Waals surface area contributed by atoms with Gasteiger partial charge in [0.2, 0.25) is 0 Å². The molecule has 31 heavy (non-hydrogen) atoms. The van der Waals surface area contributed by atoms with E-state index < -0.39 is 41.9 Å². The molecule has 0 atom stereocenters. The van der Waals surface area contributed by atoms with E-state index in [9.17, 15) is 36.2 Å². The average Bonchev–Trinajstić information content (AvgIpc) is 3.28. The summed E-state index contributed by atoms with van der Waals surface area (Å²) in [7, 11) is 0. The lowest BCUT2D eigenvalue weighted by atomic mass is 10.3. The highest BCUT2D eigenvalue weighted by molar-refractivity contribution is 6.32. The maximum Gasteiger partial charge on any atom is 0.435 e. The van der Waals surface area contributed by atoms with Gasteiger partial charge in [-0.25, -0.2) is 14.5 Å². The highest BCUT2D eigenvalue weighted by Gasteiger charge is 2.42. The van der Waals surface area contributed by atoms with Crippen LogP contribution in [0.3, 0.4) is 0 Å². The predicted octanol–water partition coefficient (Wildman–Crippen LogP) is 4.93. The molecule has 0 aliphatic rings. The number of hydrogen-bond donors (Lipinski definition) is 1. The van der Waals surface area contributed by atoms with E-state index in [1.807, 2.05) is 13.8 Å². The van der Waals surface area contributed by atoms with Crippen molar-refractivity contribution in [2.45, 2.75) is 32.7 Å². The summed E-state index contributed by atoms with van der Waals surface area (Å²) >= 11 is 5.94. The highest BCUT2D eigenvalue weighted by atomic mass is 35.5. The SMILES string of the molecule is CC.O=C(O)c1cc(Cn2nc(C(F)(F)F)cc2C(F)(F)F)nn1-c1ncccc1Cl. The summed E-state index contributed by atoms with van der Waals surface area (Å²) in [5.41, 5.74) is -4.20. The van der Waals surface area contributed by atoms with Crippen molar-refractivity contribution in [3.8, 4) is 5.82 Å². The molecule has 14 heteroatoms. The summed E-state index contributed by atoms with van der Waals surface area (Å²) in [6.45, 7) is 3.13. The summed E-state index contributed by atoms with van der Waals surface area (Å²) in [5, 5.41) is 16.1. The van der Waals surface area contributed by atoms with Gasteiger partial charge in [0, 0.05) is 12.3 Å². The monoisotopic (exact) mass is 469 g/mol. The normalized spacial score (nSPS) is 11.8. The number of carbonyl (C=O) groups is 1. The Hall–Kier alpha value is -3.09. The molecule has 0 amide bonds. The van der Waals surface area contributed by atoms with Crippen molar-refractivity contribution in [3.63, 3.8) is 0 Å². The maximum absolute atomic E-state index is 13.1. The number of carboxylic acids is 1. The molecule has 0 radical (unpaired) electrons. The first-order chi connectivity index (χ1) is 14.4. The number of carboxylic acid groups (broad SMARTS) is 1.